The molecule has 0 saturated heterocycles. The lowest BCUT2D eigenvalue weighted by Crippen LogP contribution is -2.11. The molecule has 0 atom stereocenters. The van der Waals surface area contributed by atoms with Gasteiger partial charge in [-0.1, -0.05) is 11.3 Å². The van der Waals surface area contributed by atoms with Crippen LogP contribution in [-0.2, 0) is 0 Å². The van der Waals surface area contributed by atoms with Crippen LogP contribution in [0.25, 0.3) is 5.69 Å². The van der Waals surface area contributed by atoms with Crippen LogP contribution in [0.5, 0.6) is 0 Å². The zero-order valence-corrected chi connectivity index (χ0v) is 7.59. The van der Waals surface area contributed by atoms with Crippen LogP contribution in [0, 0.1) is 5.82 Å². The molecule has 2 aromatic rings. The van der Waals surface area contributed by atoms with Crippen molar-refractivity contribution in [3.63, 3.8) is 0 Å². The third-order valence-corrected chi connectivity index (χ3v) is 1.82. The maximum atomic E-state index is 12.9. The fourth-order valence-electron chi connectivity index (χ4n) is 1.12. The van der Waals surface area contributed by atoms with Crippen LogP contribution in [-0.4, -0.2) is 20.9 Å². The molecular weight excluding hydrogens is 199 g/mol. The smallest absolute Gasteiger partial charge is 0.270 e. The Bertz CT molecular complexity index is 508. The molecule has 0 spiro atoms. The number of hydrogen-bond acceptors (Lipinski definition) is 3. The molecule has 6 heteroatoms. The molecule has 0 unspecified atom stereocenters. The van der Waals surface area contributed by atoms with E-state index in [4.69, 9.17) is 5.73 Å². The lowest BCUT2D eigenvalue weighted by Gasteiger charge is -1.98. The van der Waals surface area contributed by atoms with Gasteiger partial charge in [-0.3, -0.25) is 4.79 Å². The molecule has 0 radical (unpaired) electrons. The predicted molar refractivity (Wildman–Crippen MR) is 49.8 cm³/mol. The van der Waals surface area contributed by atoms with E-state index in [1.165, 1.54) is 29.1 Å². The van der Waals surface area contributed by atoms with Crippen molar-refractivity contribution in [2.75, 3.05) is 0 Å². The van der Waals surface area contributed by atoms with Crippen LogP contribution >= 0.6 is 0 Å². The average molecular weight is 206 g/mol. The topological polar surface area (TPSA) is 73.8 Å². The summed E-state index contributed by atoms with van der Waals surface area (Å²) in [6.45, 7) is 0. The molecule has 0 aliphatic carbocycles. The van der Waals surface area contributed by atoms with Crippen LogP contribution in [0.1, 0.15) is 10.5 Å². The van der Waals surface area contributed by atoms with Crippen LogP contribution in [0.4, 0.5) is 4.39 Å². The molecule has 2 rings (SSSR count). The van der Waals surface area contributed by atoms with Gasteiger partial charge in [0.05, 0.1) is 11.9 Å². The maximum Gasteiger partial charge on any atom is 0.270 e. The molecule has 1 amide bonds. The Morgan fingerprint density at radius 2 is 2.27 bits per heavy atom. The summed E-state index contributed by atoms with van der Waals surface area (Å²) in [5, 5.41) is 7.19. The monoisotopic (exact) mass is 206 g/mol. The summed E-state index contributed by atoms with van der Waals surface area (Å²) in [5.74, 6) is -1.05. The van der Waals surface area contributed by atoms with E-state index >= 15 is 0 Å². The fourth-order valence-corrected chi connectivity index (χ4v) is 1.12. The first-order valence-electron chi connectivity index (χ1n) is 4.15. The number of hydrogen-bond donors (Lipinski definition) is 1. The number of carbonyl (C=O) groups is 1. The highest BCUT2D eigenvalue weighted by molar-refractivity contribution is 5.90. The third-order valence-electron chi connectivity index (χ3n) is 1.82. The summed E-state index contributed by atoms with van der Waals surface area (Å²) < 4.78 is 14.1. The first kappa shape index (κ1) is 9.32. The molecule has 5 nitrogen and oxygen atoms in total. The lowest BCUT2D eigenvalue weighted by molar-refractivity contribution is 0.0995. The number of primary amides is 1. The van der Waals surface area contributed by atoms with E-state index < -0.39 is 5.91 Å². The standard InChI is InChI=1S/C9H7FN4O/c10-6-2-1-3-7(4-6)14-5-8(9(11)15)12-13-14/h1-5H,(H2,11,15). The van der Waals surface area contributed by atoms with Gasteiger partial charge in [0.15, 0.2) is 5.69 Å². The van der Waals surface area contributed by atoms with Crippen LogP contribution in [0.3, 0.4) is 0 Å². The largest absolute Gasteiger partial charge is 0.364 e. The number of aromatic nitrogens is 3. The second-order valence-corrected chi connectivity index (χ2v) is 2.89. The van der Waals surface area contributed by atoms with Crippen molar-refractivity contribution in [2.24, 2.45) is 5.73 Å². The van der Waals surface area contributed by atoms with Crippen molar-refractivity contribution in [3.8, 4) is 5.69 Å². The molecule has 1 aromatic carbocycles. The summed E-state index contributed by atoms with van der Waals surface area (Å²) in [7, 11) is 0. The van der Waals surface area contributed by atoms with E-state index in [0.29, 0.717) is 5.69 Å². The van der Waals surface area contributed by atoms with Gasteiger partial charge in [0, 0.05) is 0 Å². The van der Waals surface area contributed by atoms with Gasteiger partial charge < -0.3 is 5.73 Å². The Morgan fingerprint density at radius 1 is 1.47 bits per heavy atom. The number of amides is 1. The summed E-state index contributed by atoms with van der Waals surface area (Å²) in [6, 6.07) is 5.77. The fraction of sp³-hybridized carbons (Fsp3) is 0. The Kier molecular flexibility index (Phi) is 2.17. The van der Waals surface area contributed by atoms with Gasteiger partial charge in [-0.25, -0.2) is 9.07 Å². The summed E-state index contributed by atoms with van der Waals surface area (Å²) in [6.07, 6.45) is 1.34. The van der Waals surface area contributed by atoms with Crippen molar-refractivity contribution in [1.82, 2.24) is 15.0 Å². The molecular formula is C9H7FN4O. The minimum absolute atomic E-state index is 0.0410. The molecule has 0 bridgehead atoms. The number of halogens is 1. The van der Waals surface area contributed by atoms with Gasteiger partial charge in [-0.2, -0.15) is 0 Å². The normalized spacial score (nSPS) is 10.2. The highest BCUT2D eigenvalue weighted by Gasteiger charge is 2.07. The quantitative estimate of drug-likeness (QED) is 0.777. The lowest BCUT2D eigenvalue weighted by atomic mass is 10.3. The maximum absolute atomic E-state index is 12.9. The molecule has 0 aliphatic heterocycles. The van der Waals surface area contributed by atoms with Crippen molar-refractivity contribution in [3.05, 3.63) is 42.0 Å². The third kappa shape index (κ3) is 1.83. The average Bonchev–Trinajstić information content (AvgIpc) is 2.66. The summed E-state index contributed by atoms with van der Waals surface area (Å²) in [4.78, 5) is 10.7. The second-order valence-electron chi connectivity index (χ2n) is 2.89. The van der Waals surface area contributed by atoms with E-state index in [1.54, 1.807) is 6.07 Å². The molecule has 1 heterocycles. The van der Waals surface area contributed by atoms with E-state index in [9.17, 15) is 9.18 Å². The Balaban J connectivity index is 2.41. The van der Waals surface area contributed by atoms with Crippen molar-refractivity contribution in [1.29, 1.82) is 0 Å². The minimum atomic E-state index is -0.669. The SMILES string of the molecule is NC(=O)c1cn(-c2cccc(F)c2)nn1. The molecule has 2 N–H and O–H groups in total. The van der Waals surface area contributed by atoms with E-state index in [0.717, 1.165) is 0 Å². The van der Waals surface area contributed by atoms with Gasteiger partial charge in [0.1, 0.15) is 5.82 Å². The predicted octanol–water partition coefficient (Wildman–Crippen LogP) is 0.505. The van der Waals surface area contributed by atoms with Gasteiger partial charge in [-0.15, -0.1) is 5.10 Å². The Labute approximate surface area is 84.3 Å². The van der Waals surface area contributed by atoms with E-state index in [2.05, 4.69) is 10.3 Å². The molecule has 0 aliphatic rings. The highest BCUT2D eigenvalue weighted by atomic mass is 19.1. The molecule has 1 aromatic heterocycles. The minimum Gasteiger partial charge on any atom is -0.364 e. The van der Waals surface area contributed by atoms with Crippen LogP contribution in [0.15, 0.2) is 30.5 Å². The number of nitrogens with two attached hydrogens (primary N) is 1. The number of benzene rings is 1. The van der Waals surface area contributed by atoms with E-state index in [-0.39, 0.29) is 11.5 Å². The van der Waals surface area contributed by atoms with Gasteiger partial charge in [-0.05, 0) is 18.2 Å². The molecule has 76 valence electrons. The summed E-state index contributed by atoms with van der Waals surface area (Å²) in [5.41, 5.74) is 5.53. The number of carbonyl (C=O) groups excluding carboxylic acids is 1. The van der Waals surface area contributed by atoms with E-state index in [1.807, 2.05) is 0 Å². The zero-order chi connectivity index (χ0) is 10.8. The number of nitrogens with zero attached hydrogens (tertiary/aromatic N) is 3. The van der Waals surface area contributed by atoms with Gasteiger partial charge in [0.2, 0.25) is 0 Å². The van der Waals surface area contributed by atoms with Crippen LogP contribution in [0.2, 0.25) is 0 Å². The molecule has 0 fully saturated rings. The zero-order valence-electron chi connectivity index (χ0n) is 7.59. The Hall–Kier alpha value is -2.24. The van der Waals surface area contributed by atoms with Crippen molar-refractivity contribution < 1.29 is 9.18 Å². The van der Waals surface area contributed by atoms with Gasteiger partial charge in [0.25, 0.3) is 5.91 Å². The number of rotatable bonds is 2. The van der Waals surface area contributed by atoms with Crippen molar-refractivity contribution in [2.45, 2.75) is 0 Å². The summed E-state index contributed by atoms with van der Waals surface area (Å²) >= 11 is 0. The molecule has 0 saturated carbocycles. The second kappa shape index (κ2) is 3.49. The van der Waals surface area contributed by atoms with Crippen molar-refractivity contribution >= 4 is 5.91 Å². The van der Waals surface area contributed by atoms with Gasteiger partial charge >= 0.3 is 0 Å². The highest BCUT2D eigenvalue weighted by Crippen LogP contribution is 2.08. The van der Waals surface area contributed by atoms with Crippen LogP contribution < -0.4 is 5.73 Å². The molecule has 15 heavy (non-hydrogen) atoms. The first-order chi connectivity index (χ1) is 7.16. The Morgan fingerprint density at radius 3 is 2.87 bits per heavy atom. The first-order valence-corrected chi connectivity index (χ1v) is 4.15.